The average molecular weight is 477 g/mol. The number of aromatic nitrogens is 3. The van der Waals surface area contributed by atoms with Gasteiger partial charge in [-0.05, 0) is 29.3 Å². The fourth-order valence-electron chi connectivity index (χ4n) is 3.69. The topological polar surface area (TPSA) is 93.9 Å². The molecule has 0 bridgehead atoms. The number of carbonyl (C=O) groups is 1. The molecule has 31 heavy (non-hydrogen) atoms. The zero-order valence-electron chi connectivity index (χ0n) is 17.1. The lowest BCUT2D eigenvalue weighted by molar-refractivity contribution is -0.119. The third kappa shape index (κ3) is 5.55. The standard InChI is InChI=1S/C21H24N4O3S3/c1-25-18(12-15-9-11-31(27,28)14-15)23-24-21(25)30-13-19(26)22-20(17-8-5-10-29-17)16-6-3-2-4-7-16/h2-8,10,15,20H,9,11-14H2,1H3,(H,22,26)/t15-,20-/m0/s1. The maximum absolute atomic E-state index is 12.7. The zero-order valence-corrected chi connectivity index (χ0v) is 19.5. The van der Waals surface area contributed by atoms with Gasteiger partial charge in [0, 0.05) is 18.3 Å². The summed E-state index contributed by atoms with van der Waals surface area (Å²) in [5.74, 6) is 1.45. The summed E-state index contributed by atoms with van der Waals surface area (Å²) in [4.78, 5) is 13.8. The number of hydrogen-bond acceptors (Lipinski definition) is 7. The molecule has 1 aromatic carbocycles. The van der Waals surface area contributed by atoms with E-state index in [9.17, 15) is 13.2 Å². The van der Waals surface area contributed by atoms with Crippen LogP contribution in [0.15, 0.2) is 53.0 Å². The van der Waals surface area contributed by atoms with Gasteiger partial charge in [-0.3, -0.25) is 4.79 Å². The molecular formula is C21H24N4O3S3. The van der Waals surface area contributed by atoms with Crippen molar-refractivity contribution in [1.29, 1.82) is 0 Å². The highest BCUT2D eigenvalue weighted by molar-refractivity contribution is 7.99. The fraction of sp³-hybridized carbons (Fsp3) is 0.381. The van der Waals surface area contributed by atoms with E-state index < -0.39 is 9.84 Å². The van der Waals surface area contributed by atoms with Gasteiger partial charge in [0.15, 0.2) is 15.0 Å². The average Bonchev–Trinajstić information content (AvgIpc) is 3.48. The molecule has 1 aliphatic heterocycles. The minimum Gasteiger partial charge on any atom is -0.344 e. The minimum atomic E-state index is -2.91. The Labute approximate surface area is 190 Å². The summed E-state index contributed by atoms with van der Waals surface area (Å²) in [6.45, 7) is 0. The number of thioether (sulfide) groups is 1. The number of sulfone groups is 1. The van der Waals surface area contributed by atoms with Gasteiger partial charge >= 0.3 is 0 Å². The first kappa shape index (κ1) is 22.0. The Balaban J connectivity index is 1.37. The van der Waals surface area contributed by atoms with Crippen molar-refractivity contribution in [3.05, 3.63) is 64.1 Å². The maximum Gasteiger partial charge on any atom is 0.231 e. The lowest BCUT2D eigenvalue weighted by Gasteiger charge is -2.18. The van der Waals surface area contributed by atoms with E-state index in [1.165, 1.54) is 11.8 Å². The molecule has 1 saturated heterocycles. The van der Waals surface area contributed by atoms with E-state index in [0.29, 0.717) is 18.0 Å². The van der Waals surface area contributed by atoms with Crippen molar-refractivity contribution in [1.82, 2.24) is 20.1 Å². The van der Waals surface area contributed by atoms with Gasteiger partial charge in [0.05, 0.1) is 23.3 Å². The summed E-state index contributed by atoms with van der Waals surface area (Å²) in [6, 6.07) is 13.7. The minimum absolute atomic E-state index is 0.0845. The molecule has 0 aliphatic carbocycles. The molecule has 1 amide bonds. The van der Waals surface area contributed by atoms with E-state index in [2.05, 4.69) is 15.5 Å². The van der Waals surface area contributed by atoms with Crippen LogP contribution in [0.2, 0.25) is 0 Å². The van der Waals surface area contributed by atoms with Crippen LogP contribution in [0.25, 0.3) is 0 Å². The molecule has 2 aromatic heterocycles. The van der Waals surface area contributed by atoms with Crippen LogP contribution in [0.5, 0.6) is 0 Å². The molecule has 164 valence electrons. The molecule has 0 saturated carbocycles. The van der Waals surface area contributed by atoms with Crippen LogP contribution in [-0.2, 0) is 28.1 Å². The van der Waals surface area contributed by atoms with Gasteiger partial charge in [-0.1, -0.05) is 48.2 Å². The Morgan fingerprint density at radius 1 is 1.26 bits per heavy atom. The summed E-state index contributed by atoms with van der Waals surface area (Å²) < 4.78 is 25.2. The van der Waals surface area contributed by atoms with Crippen LogP contribution < -0.4 is 5.32 Å². The van der Waals surface area contributed by atoms with Crippen molar-refractivity contribution in [3.63, 3.8) is 0 Å². The molecule has 7 nitrogen and oxygen atoms in total. The number of thiophene rings is 1. The summed E-state index contributed by atoms with van der Waals surface area (Å²) >= 11 is 2.94. The lowest BCUT2D eigenvalue weighted by atomic mass is 10.1. The van der Waals surface area contributed by atoms with Crippen molar-refractivity contribution in [2.24, 2.45) is 13.0 Å². The van der Waals surface area contributed by atoms with Crippen LogP contribution in [0.4, 0.5) is 0 Å². The first-order chi connectivity index (χ1) is 14.9. The first-order valence-electron chi connectivity index (χ1n) is 10.0. The normalized spacial score (nSPS) is 18.7. The van der Waals surface area contributed by atoms with Gasteiger partial charge in [0.1, 0.15) is 5.82 Å². The molecule has 0 spiro atoms. The molecule has 0 radical (unpaired) electrons. The molecule has 1 fully saturated rings. The van der Waals surface area contributed by atoms with Gasteiger partial charge in [0.2, 0.25) is 5.91 Å². The lowest BCUT2D eigenvalue weighted by Crippen LogP contribution is -2.30. The number of carbonyl (C=O) groups excluding carboxylic acids is 1. The van der Waals surface area contributed by atoms with E-state index in [0.717, 1.165) is 16.3 Å². The highest BCUT2D eigenvalue weighted by Crippen LogP contribution is 2.27. The largest absolute Gasteiger partial charge is 0.344 e. The first-order valence-corrected chi connectivity index (χ1v) is 13.7. The molecule has 1 N–H and O–H groups in total. The maximum atomic E-state index is 12.7. The Bertz CT molecular complexity index is 1130. The Kier molecular flexibility index (Phi) is 6.78. The van der Waals surface area contributed by atoms with Crippen molar-refractivity contribution < 1.29 is 13.2 Å². The van der Waals surface area contributed by atoms with E-state index in [1.54, 1.807) is 11.3 Å². The summed E-state index contributed by atoms with van der Waals surface area (Å²) in [5.41, 5.74) is 1.04. The van der Waals surface area contributed by atoms with Crippen molar-refractivity contribution in [2.75, 3.05) is 17.3 Å². The molecule has 3 heterocycles. The highest BCUT2D eigenvalue weighted by atomic mass is 32.2. The Morgan fingerprint density at radius 3 is 2.74 bits per heavy atom. The van der Waals surface area contributed by atoms with E-state index in [-0.39, 0.29) is 35.1 Å². The van der Waals surface area contributed by atoms with Crippen LogP contribution >= 0.6 is 23.1 Å². The van der Waals surface area contributed by atoms with Gasteiger partial charge in [-0.25, -0.2) is 8.42 Å². The second-order valence-corrected chi connectivity index (χ2v) is 11.8. The monoisotopic (exact) mass is 476 g/mol. The smallest absolute Gasteiger partial charge is 0.231 e. The van der Waals surface area contributed by atoms with Crippen LogP contribution in [-0.4, -0.2) is 46.3 Å². The molecule has 2 atom stereocenters. The zero-order chi connectivity index (χ0) is 21.8. The van der Waals surface area contributed by atoms with E-state index in [1.807, 2.05) is 59.5 Å². The fourth-order valence-corrected chi connectivity index (χ4v) is 7.10. The summed E-state index contributed by atoms with van der Waals surface area (Å²) in [5, 5.41) is 14.2. The molecule has 10 heteroatoms. The molecular weight excluding hydrogens is 452 g/mol. The Morgan fingerprint density at radius 2 is 2.06 bits per heavy atom. The quantitative estimate of drug-likeness (QED) is 0.503. The summed E-state index contributed by atoms with van der Waals surface area (Å²) in [7, 11) is -1.05. The van der Waals surface area contributed by atoms with E-state index >= 15 is 0 Å². The summed E-state index contributed by atoms with van der Waals surface area (Å²) in [6.07, 6.45) is 1.26. The number of nitrogens with zero attached hydrogens (tertiary/aromatic N) is 3. The second kappa shape index (κ2) is 9.54. The number of rotatable bonds is 8. The predicted molar refractivity (Wildman–Crippen MR) is 123 cm³/mol. The van der Waals surface area contributed by atoms with Crippen molar-refractivity contribution in [3.8, 4) is 0 Å². The Hall–Kier alpha value is -2.17. The van der Waals surface area contributed by atoms with Crippen LogP contribution in [0.3, 0.4) is 0 Å². The third-order valence-corrected chi connectivity index (χ3v) is 9.12. The highest BCUT2D eigenvalue weighted by Gasteiger charge is 2.29. The molecule has 3 aromatic rings. The van der Waals surface area contributed by atoms with Gasteiger partial charge < -0.3 is 9.88 Å². The van der Waals surface area contributed by atoms with E-state index in [4.69, 9.17) is 0 Å². The van der Waals surface area contributed by atoms with Crippen LogP contribution in [0, 0.1) is 5.92 Å². The van der Waals surface area contributed by atoms with Gasteiger partial charge in [-0.2, -0.15) is 0 Å². The van der Waals surface area contributed by atoms with Crippen molar-refractivity contribution in [2.45, 2.75) is 24.0 Å². The number of benzene rings is 1. The predicted octanol–water partition coefficient (Wildman–Crippen LogP) is 2.85. The molecule has 4 rings (SSSR count). The third-order valence-electron chi connectivity index (χ3n) is 5.32. The number of nitrogens with one attached hydrogen (secondary N) is 1. The van der Waals surface area contributed by atoms with Gasteiger partial charge in [0.25, 0.3) is 0 Å². The molecule has 1 aliphatic rings. The SMILES string of the molecule is Cn1c(C[C@@H]2CCS(=O)(=O)C2)nnc1SCC(=O)N[C@@H](c1ccccc1)c1cccs1. The van der Waals surface area contributed by atoms with Crippen LogP contribution in [0.1, 0.15) is 28.7 Å². The van der Waals surface area contributed by atoms with Gasteiger partial charge in [-0.15, -0.1) is 21.5 Å². The van der Waals surface area contributed by atoms with Crippen molar-refractivity contribution >= 4 is 38.8 Å². The number of amides is 1. The second-order valence-electron chi connectivity index (χ2n) is 7.65. The molecule has 0 unspecified atom stereocenters. The number of hydrogen-bond donors (Lipinski definition) is 1.